The summed E-state index contributed by atoms with van der Waals surface area (Å²) in [6, 6.07) is -0.722. The third-order valence-electron chi connectivity index (χ3n) is 8.59. The van der Waals surface area contributed by atoms with Gasteiger partial charge in [-0.05, 0) is 44.9 Å². The molecule has 8 heteroatoms. The average molecular weight is 680 g/mol. The summed E-state index contributed by atoms with van der Waals surface area (Å²) in [6.45, 7) is 4.56. The van der Waals surface area contributed by atoms with Crippen LogP contribution in [0.4, 0.5) is 0 Å². The maximum Gasteiger partial charge on any atom is 0.306 e. The smallest absolute Gasteiger partial charge is 0.306 e. The van der Waals surface area contributed by atoms with Gasteiger partial charge in [-0.2, -0.15) is 0 Å². The highest BCUT2D eigenvalue weighted by Gasteiger charge is 2.25. The van der Waals surface area contributed by atoms with Crippen LogP contribution in [0.2, 0.25) is 0 Å². The number of carboxylic acid groups (broad SMARTS) is 1. The Morgan fingerprint density at radius 2 is 1.10 bits per heavy atom. The fourth-order valence-electron chi connectivity index (χ4n) is 5.51. The van der Waals surface area contributed by atoms with E-state index in [4.69, 9.17) is 14.2 Å². The van der Waals surface area contributed by atoms with Crippen molar-refractivity contribution in [2.75, 3.05) is 41.0 Å². The number of hydrogen-bond acceptors (Lipinski definition) is 7. The monoisotopic (exact) mass is 680 g/mol. The van der Waals surface area contributed by atoms with Crippen LogP contribution in [0, 0.1) is 0 Å². The van der Waals surface area contributed by atoms with E-state index in [-0.39, 0.29) is 42.7 Å². The summed E-state index contributed by atoms with van der Waals surface area (Å²) in [4.78, 5) is 36.5. The average Bonchev–Trinajstić information content (AvgIpc) is 3.03. The highest BCUT2D eigenvalue weighted by atomic mass is 16.6. The summed E-state index contributed by atoms with van der Waals surface area (Å²) in [5.41, 5.74) is 0. The van der Waals surface area contributed by atoms with Gasteiger partial charge in [-0.25, -0.2) is 0 Å². The number of carbonyl (C=O) groups is 3. The molecule has 0 aromatic carbocycles. The fourth-order valence-corrected chi connectivity index (χ4v) is 5.51. The van der Waals surface area contributed by atoms with Gasteiger partial charge < -0.3 is 28.6 Å². The molecule has 0 N–H and O–H groups in total. The van der Waals surface area contributed by atoms with E-state index in [0.29, 0.717) is 12.8 Å². The van der Waals surface area contributed by atoms with Crippen LogP contribution >= 0.6 is 0 Å². The van der Waals surface area contributed by atoms with Crippen molar-refractivity contribution < 1.29 is 38.2 Å². The van der Waals surface area contributed by atoms with Gasteiger partial charge in [-0.3, -0.25) is 9.59 Å². The van der Waals surface area contributed by atoms with Crippen LogP contribution < -0.4 is 5.11 Å². The van der Waals surface area contributed by atoms with E-state index in [1.807, 2.05) is 0 Å². The lowest BCUT2D eigenvalue weighted by Crippen LogP contribution is -2.55. The summed E-state index contributed by atoms with van der Waals surface area (Å²) >= 11 is 0. The fraction of sp³-hybridized carbons (Fsp3) is 0.825. The lowest BCUT2D eigenvalue weighted by molar-refractivity contribution is -0.889. The zero-order valence-corrected chi connectivity index (χ0v) is 31.7. The molecule has 0 aliphatic carbocycles. The summed E-state index contributed by atoms with van der Waals surface area (Å²) < 4.78 is 17.0. The van der Waals surface area contributed by atoms with Gasteiger partial charge in [0.15, 0.2) is 6.10 Å². The van der Waals surface area contributed by atoms with Crippen molar-refractivity contribution in [3.63, 3.8) is 0 Å². The lowest BCUT2D eigenvalue weighted by Gasteiger charge is -2.34. The van der Waals surface area contributed by atoms with Crippen molar-refractivity contribution in [2.24, 2.45) is 0 Å². The molecule has 0 radical (unpaired) electrons. The molecule has 0 heterocycles. The normalized spacial score (nSPS) is 13.3. The third kappa shape index (κ3) is 29.9. The standard InChI is InChI=1S/C40H73NO7/c1-6-8-10-12-14-15-16-17-18-19-20-21-22-23-24-25-27-29-31-39(43)48-36(34-46-33-32-37(40(44)45)41(3,4)5)35-47-38(42)30-28-26-13-11-9-7-2/h15-16,18-19,36-37H,6-14,17,20-35H2,1-5H3/b16-15-,19-18-. The number of rotatable bonds is 34. The minimum absolute atomic E-state index is 0.0396. The predicted octanol–water partition coefficient (Wildman–Crippen LogP) is 8.41. The Morgan fingerprint density at radius 3 is 1.62 bits per heavy atom. The Morgan fingerprint density at radius 1 is 0.625 bits per heavy atom. The molecule has 0 spiro atoms. The second-order valence-electron chi connectivity index (χ2n) is 14.2. The molecule has 0 fully saturated rings. The second kappa shape index (κ2) is 32.0. The number of quaternary nitrogens is 1. The number of likely N-dealkylation sites (N-methyl/N-ethyl adjacent to an activating group) is 1. The maximum absolute atomic E-state index is 12.6. The molecule has 0 aromatic rings. The minimum Gasteiger partial charge on any atom is -0.544 e. The van der Waals surface area contributed by atoms with E-state index in [1.165, 1.54) is 77.0 Å². The van der Waals surface area contributed by atoms with Crippen LogP contribution in [-0.4, -0.2) is 75.5 Å². The first-order valence-corrected chi connectivity index (χ1v) is 19.4. The van der Waals surface area contributed by atoms with Gasteiger partial charge in [0.2, 0.25) is 0 Å². The Balaban J connectivity index is 4.30. The van der Waals surface area contributed by atoms with E-state index in [9.17, 15) is 19.5 Å². The lowest BCUT2D eigenvalue weighted by atomic mass is 10.1. The highest BCUT2D eigenvalue weighted by Crippen LogP contribution is 2.13. The van der Waals surface area contributed by atoms with E-state index in [2.05, 4.69) is 38.2 Å². The number of aliphatic carboxylic acids is 1. The number of carbonyl (C=O) groups excluding carboxylic acids is 3. The molecular formula is C40H73NO7. The van der Waals surface area contributed by atoms with Crippen LogP contribution in [-0.2, 0) is 28.6 Å². The van der Waals surface area contributed by atoms with Crippen LogP contribution in [0.25, 0.3) is 0 Å². The molecule has 0 rings (SSSR count). The number of ether oxygens (including phenoxy) is 3. The molecule has 2 unspecified atom stereocenters. The first kappa shape index (κ1) is 45.8. The molecule has 0 saturated heterocycles. The Hall–Kier alpha value is -2.19. The topological polar surface area (TPSA) is 102 Å². The van der Waals surface area contributed by atoms with Crippen molar-refractivity contribution in [3.8, 4) is 0 Å². The quantitative estimate of drug-likeness (QED) is 0.0291. The molecule has 0 amide bonds. The van der Waals surface area contributed by atoms with Crippen LogP contribution in [0.15, 0.2) is 24.3 Å². The van der Waals surface area contributed by atoms with Gasteiger partial charge in [0.05, 0.1) is 40.3 Å². The molecule has 48 heavy (non-hydrogen) atoms. The highest BCUT2D eigenvalue weighted by molar-refractivity contribution is 5.70. The maximum atomic E-state index is 12.6. The molecular weight excluding hydrogens is 606 g/mol. The molecule has 280 valence electrons. The number of hydrogen-bond donors (Lipinski definition) is 0. The first-order valence-electron chi connectivity index (χ1n) is 19.4. The van der Waals surface area contributed by atoms with Gasteiger partial charge in [0, 0.05) is 19.3 Å². The van der Waals surface area contributed by atoms with Crippen LogP contribution in [0.5, 0.6) is 0 Å². The zero-order valence-electron chi connectivity index (χ0n) is 31.7. The Labute approximate surface area is 294 Å². The van der Waals surface area contributed by atoms with E-state index in [0.717, 1.165) is 51.4 Å². The Kier molecular flexibility index (Phi) is 30.6. The molecule has 8 nitrogen and oxygen atoms in total. The molecule has 0 saturated carbocycles. The number of unbranched alkanes of at least 4 members (excludes halogenated alkanes) is 16. The molecule has 0 bridgehead atoms. The van der Waals surface area contributed by atoms with Crippen molar-refractivity contribution in [2.45, 2.75) is 174 Å². The van der Waals surface area contributed by atoms with Gasteiger partial charge in [0.1, 0.15) is 12.6 Å². The SMILES string of the molecule is CCCCCC/C=C\C/C=C\CCCCCCCCCC(=O)OC(COCCC(C(=O)[O-])[N+](C)(C)C)COC(=O)CCCCCCCC. The van der Waals surface area contributed by atoms with Crippen molar-refractivity contribution in [3.05, 3.63) is 24.3 Å². The summed E-state index contributed by atoms with van der Waals surface area (Å²) in [7, 11) is 5.39. The van der Waals surface area contributed by atoms with Crippen LogP contribution in [0.3, 0.4) is 0 Å². The van der Waals surface area contributed by atoms with Crippen molar-refractivity contribution in [1.82, 2.24) is 0 Å². The third-order valence-corrected chi connectivity index (χ3v) is 8.59. The van der Waals surface area contributed by atoms with E-state index in [1.54, 1.807) is 21.1 Å². The summed E-state index contributed by atoms with van der Waals surface area (Å²) in [6.07, 6.45) is 32.2. The number of carboxylic acids is 1. The van der Waals surface area contributed by atoms with Crippen molar-refractivity contribution in [1.29, 1.82) is 0 Å². The molecule has 2 atom stereocenters. The molecule has 0 aliphatic heterocycles. The largest absolute Gasteiger partial charge is 0.544 e. The van der Waals surface area contributed by atoms with Gasteiger partial charge in [-0.1, -0.05) is 122 Å². The zero-order chi connectivity index (χ0) is 35.7. The van der Waals surface area contributed by atoms with Crippen LogP contribution in [0.1, 0.15) is 162 Å². The minimum atomic E-state index is -1.13. The second-order valence-corrected chi connectivity index (χ2v) is 14.2. The number of esters is 2. The van der Waals surface area contributed by atoms with Crippen molar-refractivity contribution >= 4 is 17.9 Å². The first-order chi connectivity index (χ1) is 23.1. The summed E-state index contributed by atoms with van der Waals surface area (Å²) in [5.74, 6) is -1.75. The molecule has 0 aromatic heterocycles. The van der Waals surface area contributed by atoms with Gasteiger partial charge in [0.25, 0.3) is 0 Å². The van der Waals surface area contributed by atoms with Gasteiger partial charge >= 0.3 is 11.9 Å². The molecule has 0 aliphatic rings. The van der Waals surface area contributed by atoms with E-state index < -0.39 is 18.1 Å². The predicted molar refractivity (Wildman–Crippen MR) is 194 cm³/mol. The summed E-state index contributed by atoms with van der Waals surface area (Å²) in [5, 5.41) is 11.5. The number of allylic oxidation sites excluding steroid dienone is 4. The van der Waals surface area contributed by atoms with E-state index >= 15 is 0 Å². The van der Waals surface area contributed by atoms with Gasteiger partial charge in [-0.15, -0.1) is 0 Å². The Bertz CT molecular complexity index is 849. The number of nitrogens with zero attached hydrogens (tertiary/aromatic N) is 1.